The van der Waals surface area contributed by atoms with Gasteiger partial charge in [0.1, 0.15) is 5.69 Å². The Hall–Kier alpha value is -3.54. The number of aromatic nitrogens is 3. The second-order valence-electron chi connectivity index (χ2n) is 5.36. The van der Waals surface area contributed by atoms with Crippen LogP contribution in [0.1, 0.15) is 0 Å². The summed E-state index contributed by atoms with van der Waals surface area (Å²) in [5.74, 6) is 0.0563. The predicted octanol–water partition coefficient (Wildman–Crippen LogP) is 4.19. The van der Waals surface area contributed by atoms with Gasteiger partial charge in [-0.25, -0.2) is 15.0 Å². The number of nitrogen functional groups attached to an aromatic ring is 1. The second-order valence-corrected chi connectivity index (χ2v) is 5.36. The molecule has 0 saturated carbocycles. The zero-order chi connectivity index (χ0) is 17.2. The van der Waals surface area contributed by atoms with E-state index in [1.54, 1.807) is 24.5 Å². The topological polar surface area (TPSA) is 77.8 Å². The van der Waals surface area contributed by atoms with Crippen molar-refractivity contribution in [3.05, 3.63) is 73.0 Å². The molecule has 0 atom stereocenters. The quantitative estimate of drug-likeness (QED) is 0.569. The van der Waals surface area contributed by atoms with Gasteiger partial charge in [-0.2, -0.15) is 4.39 Å². The molecule has 0 aliphatic heterocycles. The molecule has 0 saturated heterocycles. The van der Waals surface area contributed by atoms with Crippen molar-refractivity contribution >= 4 is 5.95 Å². The Morgan fingerprint density at radius 1 is 0.880 bits per heavy atom. The third-order valence-electron chi connectivity index (χ3n) is 3.74. The first kappa shape index (κ1) is 15.0. The zero-order valence-electron chi connectivity index (χ0n) is 13.1. The van der Waals surface area contributed by atoms with Gasteiger partial charge in [0.05, 0.1) is 12.0 Å². The van der Waals surface area contributed by atoms with Crippen molar-refractivity contribution in [3.8, 4) is 33.8 Å². The number of hydrogen-bond acceptors (Lipinski definition) is 5. The second kappa shape index (κ2) is 6.16. The van der Waals surface area contributed by atoms with Crippen LogP contribution in [-0.2, 0) is 0 Å². The largest absolute Gasteiger partial charge is 0.463 e. The van der Waals surface area contributed by atoms with Crippen LogP contribution >= 0.6 is 0 Å². The number of nitrogens with two attached hydrogens (primary N) is 1. The van der Waals surface area contributed by atoms with E-state index in [-0.39, 0.29) is 5.95 Å². The van der Waals surface area contributed by atoms with E-state index in [4.69, 9.17) is 10.2 Å². The molecule has 0 fully saturated rings. The first-order valence-corrected chi connectivity index (χ1v) is 7.61. The van der Waals surface area contributed by atoms with E-state index in [1.165, 1.54) is 12.3 Å². The molecule has 0 amide bonds. The number of benzene rings is 1. The molecule has 0 radical (unpaired) electrons. The van der Waals surface area contributed by atoms with Crippen molar-refractivity contribution in [2.45, 2.75) is 0 Å². The van der Waals surface area contributed by atoms with Gasteiger partial charge in [-0.1, -0.05) is 30.3 Å². The summed E-state index contributed by atoms with van der Waals surface area (Å²) in [6.45, 7) is 0. The lowest BCUT2D eigenvalue weighted by Crippen LogP contribution is -2.02. The minimum atomic E-state index is -0.585. The van der Waals surface area contributed by atoms with Crippen LogP contribution in [0.5, 0.6) is 0 Å². The van der Waals surface area contributed by atoms with E-state index >= 15 is 0 Å². The van der Waals surface area contributed by atoms with Gasteiger partial charge in [0, 0.05) is 23.4 Å². The third-order valence-corrected chi connectivity index (χ3v) is 3.74. The van der Waals surface area contributed by atoms with Crippen LogP contribution in [-0.4, -0.2) is 15.0 Å². The predicted molar refractivity (Wildman–Crippen MR) is 92.8 cm³/mol. The Bertz CT molecular complexity index is 1020. The minimum Gasteiger partial charge on any atom is -0.463 e. The summed E-state index contributed by atoms with van der Waals surface area (Å²) in [5.41, 5.74) is 9.11. The van der Waals surface area contributed by atoms with Crippen LogP contribution in [0, 0.1) is 5.95 Å². The van der Waals surface area contributed by atoms with Gasteiger partial charge in [-0.05, 0) is 23.8 Å². The number of furan rings is 1. The number of nitrogens with zero attached hydrogens (tertiary/aromatic N) is 3. The van der Waals surface area contributed by atoms with Crippen LogP contribution in [0.15, 0.2) is 71.5 Å². The zero-order valence-corrected chi connectivity index (χ0v) is 13.1. The normalized spacial score (nSPS) is 10.8. The lowest BCUT2D eigenvalue weighted by atomic mass is 9.97. The summed E-state index contributed by atoms with van der Waals surface area (Å²) >= 11 is 0. The van der Waals surface area contributed by atoms with Crippen molar-refractivity contribution in [3.63, 3.8) is 0 Å². The van der Waals surface area contributed by atoms with E-state index in [0.29, 0.717) is 28.3 Å². The molecule has 0 bridgehead atoms. The highest BCUT2D eigenvalue weighted by Crippen LogP contribution is 2.38. The molecule has 25 heavy (non-hydrogen) atoms. The number of rotatable bonds is 3. The summed E-state index contributed by atoms with van der Waals surface area (Å²) in [4.78, 5) is 12.4. The summed E-state index contributed by atoms with van der Waals surface area (Å²) in [6, 6.07) is 16.1. The number of anilines is 1. The molecule has 0 unspecified atom stereocenters. The molecular weight excluding hydrogens is 319 g/mol. The van der Waals surface area contributed by atoms with E-state index in [9.17, 15) is 4.39 Å². The molecule has 5 nitrogen and oxygen atoms in total. The van der Waals surface area contributed by atoms with Crippen LogP contribution < -0.4 is 5.73 Å². The van der Waals surface area contributed by atoms with Gasteiger partial charge in [0.2, 0.25) is 11.9 Å². The molecule has 4 aromatic rings. The highest BCUT2D eigenvalue weighted by molar-refractivity contribution is 5.90. The van der Waals surface area contributed by atoms with Gasteiger partial charge >= 0.3 is 0 Å². The molecular formula is C19H13FN4O. The lowest BCUT2D eigenvalue weighted by Gasteiger charge is -2.13. The van der Waals surface area contributed by atoms with E-state index in [0.717, 1.165) is 5.56 Å². The average molecular weight is 332 g/mol. The molecule has 1 aromatic carbocycles. The molecule has 3 aromatic heterocycles. The Kier molecular flexibility index (Phi) is 3.70. The maximum absolute atomic E-state index is 13.7. The van der Waals surface area contributed by atoms with Crippen molar-refractivity contribution < 1.29 is 8.81 Å². The molecule has 6 heteroatoms. The average Bonchev–Trinajstić information content (AvgIpc) is 3.16. The Balaban J connectivity index is 2.07. The van der Waals surface area contributed by atoms with E-state index in [2.05, 4.69) is 15.0 Å². The fraction of sp³-hybridized carbons (Fsp3) is 0. The summed E-state index contributed by atoms with van der Waals surface area (Å²) in [6.07, 6.45) is 2.95. The van der Waals surface area contributed by atoms with Crippen LogP contribution in [0.2, 0.25) is 0 Å². The minimum absolute atomic E-state index is 0.114. The third kappa shape index (κ3) is 2.85. The Morgan fingerprint density at radius 2 is 1.68 bits per heavy atom. The SMILES string of the molecule is Nc1nc(-c2ccccc2)c(-c2ccnc(F)c2)c(-c2ccco2)n1. The number of pyridine rings is 1. The van der Waals surface area contributed by atoms with Crippen LogP contribution in [0.4, 0.5) is 10.3 Å². The van der Waals surface area contributed by atoms with Crippen LogP contribution in [0.3, 0.4) is 0 Å². The van der Waals surface area contributed by atoms with E-state index in [1.807, 2.05) is 30.3 Å². The number of hydrogen-bond donors (Lipinski definition) is 1. The monoisotopic (exact) mass is 332 g/mol. The van der Waals surface area contributed by atoms with E-state index < -0.39 is 5.95 Å². The van der Waals surface area contributed by atoms with Crippen molar-refractivity contribution in [1.29, 1.82) is 0 Å². The van der Waals surface area contributed by atoms with Crippen molar-refractivity contribution in [2.24, 2.45) is 0 Å². The standard InChI is InChI=1S/C19H13FN4O/c20-15-11-13(8-9-22-15)16-17(12-5-2-1-3-6-12)23-19(21)24-18(16)14-7-4-10-25-14/h1-11H,(H2,21,23,24). The molecule has 0 aliphatic rings. The van der Waals surface area contributed by atoms with Crippen molar-refractivity contribution in [1.82, 2.24) is 15.0 Å². The maximum atomic E-state index is 13.7. The Labute approximate surface area is 143 Å². The Morgan fingerprint density at radius 3 is 2.40 bits per heavy atom. The smallest absolute Gasteiger partial charge is 0.221 e. The number of halogens is 1. The van der Waals surface area contributed by atoms with Gasteiger partial charge in [0.25, 0.3) is 0 Å². The molecule has 0 aliphatic carbocycles. The van der Waals surface area contributed by atoms with Crippen LogP contribution in [0.25, 0.3) is 33.8 Å². The van der Waals surface area contributed by atoms with Gasteiger partial charge < -0.3 is 10.2 Å². The summed E-state index contributed by atoms with van der Waals surface area (Å²) in [7, 11) is 0. The molecule has 4 rings (SSSR count). The fourth-order valence-corrected chi connectivity index (χ4v) is 2.71. The fourth-order valence-electron chi connectivity index (χ4n) is 2.71. The van der Waals surface area contributed by atoms with Gasteiger partial charge in [-0.3, -0.25) is 0 Å². The molecule has 2 N–H and O–H groups in total. The summed E-state index contributed by atoms with van der Waals surface area (Å²) in [5, 5.41) is 0. The molecule has 0 spiro atoms. The first-order valence-electron chi connectivity index (χ1n) is 7.61. The highest BCUT2D eigenvalue weighted by atomic mass is 19.1. The molecule has 122 valence electrons. The highest BCUT2D eigenvalue weighted by Gasteiger charge is 2.20. The van der Waals surface area contributed by atoms with Gasteiger partial charge in [0.15, 0.2) is 5.76 Å². The van der Waals surface area contributed by atoms with Crippen molar-refractivity contribution in [2.75, 3.05) is 5.73 Å². The molecule has 3 heterocycles. The maximum Gasteiger partial charge on any atom is 0.221 e. The van der Waals surface area contributed by atoms with Gasteiger partial charge in [-0.15, -0.1) is 0 Å². The first-order chi connectivity index (χ1) is 12.2. The lowest BCUT2D eigenvalue weighted by molar-refractivity contribution is 0.579. The summed E-state index contributed by atoms with van der Waals surface area (Å²) < 4.78 is 19.2.